The summed E-state index contributed by atoms with van der Waals surface area (Å²) in [5, 5.41) is 3.73. The van der Waals surface area contributed by atoms with Crippen LogP contribution in [0, 0.1) is 5.82 Å². The maximum atomic E-state index is 13.6. The van der Waals surface area contributed by atoms with Crippen molar-refractivity contribution in [1.82, 2.24) is 10.2 Å². The monoisotopic (exact) mass is 634 g/mol. The molecule has 1 aromatic heterocycles. The summed E-state index contributed by atoms with van der Waals surface area (Å²) in [7, 11) is 0. The molecule has 2 heterocycles. The zero-order valence-electron chi connectivity index (χ0n) is 23.2. The number of rotatable bonds is 8. The Morgan fingerprint density at radius 2 is 1.70 bits per heavy atom. The number of carbonyl (C=O) groups excluding carboxylic acids is 4. The summed E-state index contributed by atoms with van der Waals surface area (Å²) >= 11 is 1.84. The van der Waals surface area contributed by atoms with Crippen molar-refractivity contribution >= 4 is 52.2 Å². The smallest absolute Gasteiger partial charge is 0.419 e. The lowest BCUT2D eigenvalue weighted by Crippen LogP contribution is -2.33. The molecule has 3 aromatic rings. The van der Waals surface area contributed by atoms with Gasteiger partial charge in [-0.1, -0.05) is 18.2 Å². The molecule has 226 valence electrons. The van der Waals surface area contributed by atoms with Gasteiger partial charge >= 0.3 is 12.1 Å². The molecule has 0 radical (unpaired) electrons. The molecule has 43 heavy (non-hydrogen) atoms. The summed E-state index contributed by atoms with van der Waals surface area (Å²) in [5.74, 6) is -2.81. The van der Waals surface area contributed by atoms with E-state index in [0.29, 0.717) is 27.8 Å². The number of imide groups is 1. The summed E-state index contributed by atoms with van der Waals surface area (Å²) in [6.45, 7) is 5.34. The molecule has 1 aliphatic rings. The fourth-order valence-corrected chi connectivity index (χ4v) is 5.70. The van der Waals surface area contributed by atoms with Crippen molar-refractivity contribution in [2.75, 3.05) is 6.54 Å². The van der Waals surface area contributed by atoms with E-state index in [1.807, 2.05) is 0 Å². The van der Waals surface area contributed by atoms with Gasteiger partial charge in [-0.05, 0) is 91.0 Å². The van der Waals surface area contributed by atoms with Crippen molar-refractivity contribution in [1.29, 1.82) is 0 Å². The zero-order chi connectivity index (χ0) is 31.5. The minimum absolute atomic E-state index is 0.110. The summed E-state index contributed by atoms with van der Waals surface area (Å²) in [4.78, 5) is 51.4. The number of amides is 3. The second kappa shape index (κ2) is 12.7. The van der Waals surface area contributed by atoms with Gasteiger partial charge in [0.2, 0.25) is 5.91 Å². The van der Waals surface area contributed by atoms with E-state index in [-0.39, 0.29) is 35.9 Å². The summed E-state index contributed by atoms with van der Waals surface area (Å²) in [6.07, 6.45) is -3.52. The van der Waals surface area contributed by atoms with Gasteiger partial charge in [-0.15, -0.1) is 11.3 Å². The topological polar surface area (TPSA) is 92.8 Å². The van der Waals surface area contributed by atoms with Crippen LogP contribution < -0.4 is 5.32 Å². The Hall–Kier alpha value is -3.97. The van der Waals surface area contributed by atoms with Crippen LogP contribution in [-0.4, -0.2) is 40.1 Å². The highest BCUT2D eigenvalue weighted by molar-refractivity contribution is 8.18. The second-order valence-electron chi connectivity index (χ2n) is 10.5. The molecule has 3 amide bonds. The predicted octanol–water partition coefficient (Wildman–Crippen LogP) is 7.27. The molecule has 0 atom stereocenters. The van der Waals surface area contributed by atoms with Gasteiger partial charge in [0.05, 0.1) is 16.0 Å². The van der Waals surface area contributed by atoms with Gasteiger partial charge in [0.25, 0.3) is 11.1 Å². The van der Waals surface area contributed by atoms with Crippen molar-refractivity contribution in [2.24, 2.45) is 0 Å². The highest BCUT2D eigenvalue weighted by Crippen LogP contribution is 2.37. The highest BCUT2D eigenvalue weighted by atomic mass is 32.2. The molecular formula is C30H26F4N2O5S2. The molecule has 0 bridgehead atoms. The average molecular weight is 635 g/mol. The maximum absolute atomic E-state index is 13.6. The Balaban J connectivity index is 1.31. The molecule has 2 aromatic carbocycles. The van der Waals surface area contributed by atoms with Crippen LogP contribution in [0.3, 0.4) is 0 Å². The van der Waals surface area contributed by atoms with Gasteiger partial charge in [0, 0.05) is 24.4 Å². The van der Waals surface area contributed by atoms with Crippen LogP contribution in [0.2, 0.25) is 0 Å². The number of esters is 1. The SMILES string of the molecule is CC(C)(C)OC(=O)c1ccc(CNC(=O)CCN2C(=O)S/C(=C\c3cc(-c4ccc(F)c(C(F)(F)F)c4)cs3)C2=O)cc1. The minimum Gasteiger partial charge on any atom is -0.456 e. The van der Waals surface area contributed by atoms with E-state index in [2.05, 4.69) is 5.32 Å². The number of alkyl halides is 3. The van der Waals surface area contributed by atoms with Gasteiger partial charge < -0.3 is 10.1 Å². The number of ether oxygens (including phenoxy) is 1. The fraction of sp³-hybridized carbons (Fsp3) is 0.267. The van der Waals surface area contributed by atoms with E-state index in [9.17, 15) is 36.7 Å². The lowest BCUT2D eigenvalue weighted by Gasteiger charge is -2.19. The Morgan fingerprint density at radius 1 is 1.00 bits per heavy atom. The van der Waals surface area contributed by atoms with Crippen molar-refractivity contribution in [2.45, 2.75) is 45.5 Å². The Morgan fingerprint density at radius 3 is 2.35 bits per heavy atom. The third-order valence-corrected chi connectivity index (χ3v) is 7.80. The van der Waals surface area contributed by atoms with E-state index >= 15 is 0 Å². The first kappa shape index (κ1) is 32.0. The number of halogens is 4. The van der Waals surface area contributed by atoms with Crippen LogP contribution >= 0.6 is 23.1 Å². The largest absolute Gasteiger partial charge is 0.456 e. The molecular weight excluding hydrogens is 608 g/mol. The number of nitrogens with one attached hydrogen (secondary N) is 1. The summed E-state index contributed by atoms with van der Waals surface area (Å²) in [6, 6.07) is 10.8. The zero-order valence-corrected chi connectivity index (χ0v) is 24.8. The van der Waals surface area contributed by atoms with Crippen LogP contribution in [0.15, 0.2) is 58.8 Å². The predicted molar refractivity (Wildman–Crippen MR) is 155 cm³/mol. The number of hydrogen-bond donors (Lipinski definition) is 1. The molecule has 13 heteroatoms. The van der Waals surface area contributed by atoms with Gasteiger partial charge in [-0.25, -0.2) is 9.18 Å². The van der Waals surface area contributed by atoms with Gasteiger partial charge in [0.15, 0.2) is 0 Å². The second-order valence-corrected chi connectivity index (χ2v) is 12.4. The first-order valence-electron chi connectivity index (χ1n) is 12.9. The highest BCUT2D eigenvalue weighted by Gasteiger charge is 2.36. The molecule has 1 saturated heterocycles. The first-order chi connectivity index (χ1) is 20.1. The fourth-order valence-electron chi connectivity index (χ4n) is 3.92. The molecule has 7 nitrogen and oxygen atoms in total. The van der Waals surface area contributed by atoms with E-state index in [0.717, 1.165) is 33.9 Å². The Labute approximate surface area is 252 Å². The standard InChI is InChI=1S/C30H26F4N2O5S2/c1-29(2,3)41-27(39)18-6-4-17(5-7-18)15-35-25(37)10-11-36-26(38)24(43-28(36)40)14-21-12-20(16-42-21)19-8-9-23(31)22(13-19)30(32,33)34/h4-9,12-14,16H,10-11,15H2,1-3H3,(H,35,37)/b24-14-. The summed E-state index contributed by atoms with van der Waals surface area (Å²) < 4.78 is 58.2. The van der Waals surface area contributed by atoms with Crippen LogP contribution in [0.5, 0.6) is 0 Å². The van der Waals surface area contributed by atoms with Crippen LogP contribution in [0.4, 0.5) is 22.4 Å². The molecule has 0 aliphatic carbocycles. The molecule has 0 spiro atoms. The van der Waals surface area contributed by atoms with Gasteiger partial charge in [-0.3, -0.25) is 19.3 Å². The molecule has 1 N–H and O–H groups in total. The number of benzene rings is 2. The van der Waals surface area contributed by atoms with E-state index in [1.54, 1.807) is 56.5 Å². The van der Waals surface area contributed by atoms with Crippen molar-refractivity contribution < 1.29 is 41.5 Å². The van der Waals surface area contributed by atoms with E-state index in [4.69, 9.17) is 4.74 Å². The van der Waals surface area contributed by atoms with E-state index < -0.39 is 40.3 Å². The number of hydrogen-bond acceptors (Lipinski definition) is 7. The van der Waals surface area contributed by atoms with E-state index in [1.165, 1.54) is 12.1 Å². The number of thioether (sulfide) groups is 1. The molecule has 0 unspecified atom stereocenters. The average Bonchev–Trinajstić information content (AvgIpc) is 3.49. The van der Waals surface area contributed by atoms with Crippen LogP contribution in [-0.2, 0) is 27.0 Å². The third-order valence-electron chi connectivity index (χ3n) is 6.01. The van der Waals surface area contributed by atoms with Gasteiger partial charge in [-0.2, -0.15) is 13.2 Å². The van der Waals surface area contributed by atoms with Crippen LogP contribution in [0.1, 0.15) is 53.6 Å². The minimum atomic E-state index is -4.84. The van der Waals surface area contributed by atoms with Crippen LogP contribution in [0.25, 0.3) is 17.2 Å². The first-order valence-corrected chi connectivity index (χ1v) is 14.6. The molecule has 4 rings (SSSR count). The van der Waals surface area contributed by atoms with Crippen molar-refractivity contribution in [3.05, 3.63) is 86.2 Å². The normalized spacial score (nSPS) is 14.9. The van der Waals surface area contributed by atoms with Crippen molar-refractivity contribution in [3.8, 4) is 11.1 Å². The molecule has 1 fully saturated rings. The molecule has 1 aliphatic heterocycles. The van der Waals surface area contributed by atoms with Gasteiger partial charge in [0.1, 0.15) is 11.4 Å². The lowest BCUT2D eigenvalue weighted by atomic mass is 10.0. The Kier molecular flexibility index (Phi) is 9.45. The number of carbonyl (C=O) groups is 4. The number of thiophene rings is 1. The maximum Gasteiger partial charge on any atom is 0.419 e. The Bertz CT molecular complexity index is 1590. The number of nitrogens with zero attached hydrogens (tertiary/aromatic N) is 1. The summed E-state index contributed by atoms with van der Waals surface area (Å²) in [5.41, 5.74) is -0.329. The third kappa shape index (κ3) is 8.32. The lowest BCUT2D eigenvalue weighted by molar-refractivity contribution is -0.140. The molecule has 0 saturated carbocycles. The quantitative estimate of drug-likeness (QED) is 0.159. The van der Waals surface area contributed by atoms with Crippen molar-refractivity contribution in [3.63, 3.8) is 0 Å².